The van der Waals surface area contributed by atoms with Crippen LogP contribution in [0.5, 0.6) is 0 Å². The summed E-state index contributed by atoms with van der Waals surface area (Å²) >= 11 is 5.94. The summed E-state index contributed by atoms with van der Waals surface area (Å²) in [5, 5.41) is 11.9. The number of carbonyl (C=O) groups excluding carboxylic acids is 1. The van der Waals surface area contributed by atoms with Crippen molar-refractivity contribution in [1.29, 1.82) is 0 Å². The molecule has 0 spiro atoms. The second-order valence-corrected chi connectivity index (χ2v) is 6.47. The second kappa shape index (κ2) is 6.69. The van der Waals surface area contributed by atoms with E-state index < -0.39 is 22.4 Å². The zero-order valence-electron chi connectivity index (χ0n) is 13.5. The van der Waals surface area contributed by atoms with E-state index in [1.165, 1.54) is 6.08 Å². The summed E-state index contributed by atoms with van der Waals surface area (Å²) < 4.78 is 5.64. The molecule has 1 aliphatic heterocycles. The Labute approximate surface area is 150 Å². The molecule has 2 aromatic carbocycles. The Morgan fingerprint density at radius 2 is 1.80 bits per heavy atom. The van der Waals surface area contributed by atoms with Crippen LogP contribution in [0.4, 0.5) is 0 Å². The molecule has 6 heteroatoms. The SMILES string of the molecule is Cc1ccc([C@@]2([C@H](C[N+](=O)[O-])c3ccc(Cl)cc3)C=CC(=O)O2)cc1. The van der Waals surface area contributed by atoms with Gasteiger partial charge < -0.3 is 4.74 Å². The normalized spacial score (nSPS) is 20.3. The quantitative estimate of drug-likeness (QED) is 0.460. The Bertz CT molecular complexity index is 830. The molecule has 2 aromatic rings. The first-order chi connectivity index (χ1) is 11.9. The number of esters is 1. The Kier molecular flexibility index (Phi) is 4.59. The molecule has 3 rings (SSSR count). The first-order valence-corrected chi connectivity index (χ1v) is 8.15. The van der Waals surface area contributed by atoms with Crippen LogP contribution in [-0.2, 0) is 15.1 Å². The van der Waals surface area contributed by atoms with Gasteiger partial charge in [0.15, 0.2) is 5.60 Å². The average molecular weight is 358 g/mol. The van der Waals surface area contributed by atoms with Crippen molar-refractivity contribution < 1.29 is 14.5 Å². The van der Waals surface area contributed by atoms with Crippen LogP contribution >= 0.6 is 11.6 Å². The molecule has 1 aliphatic rings. The maximum absolute atomic E-state index is 11.9. The predicted molar refractivity (Wildman–Crippen MR) is 94.1 cm³/mol. The van der Waals surface area contributed by atoms with Gasteiger partial charge in [0.05, 0.1) is 5.92 Å². The number of ether oxygens (including phenoxy) is 1. The fraction of sp³-hybridized carbons (Fsp3) is 0.211. The minimum absolute atomic E-state index is 0.382. The standard InChI is InChI=1S/C19H16ClNO4/c1-13-2-6-15(7-3-13)19(11-10-18(22)25-19)17(12-21(23)24)14-4-8-16(20)9-5-14/h2-11,17H,12H2,1H3/t17-,19-/m1/s1. The summed E-state index contributed by atoms with van der Waals surface area (Å²) in [5.74, 6) is -1.19. The summed E-state index contributed by atoms with van der Waals surface area (Å²) in [6.07, 6.45) is 2.94. The van der Waals surface area contributed by atoms with Crippen LogP contribution < -0.4 is 0 Å². The van der Waals surface area contributed by atoms with Gasteiger partial charge in [-0.3, -0.25) is 10.1 Å². The highest BCUT2D eigenvalue weighted by Gasteiger charge is 2.48. The summed E-state index contributed by atoms with van der Waals surface area (Å²) in [7, 11) is 0. The van der Waals surface area contributed by atoms with Gasteiger partial charge >= 0.3 is 5.97 Å². The molecule has 0 bridgehead atoms. The van der Waals surface area contributed by atoms with Crippen LogP contribution in [0.15, 0.2) is 60.7 Å². The highest BCUT2D eigenvalue weighted by molar-refractivity contribution is 6.30. The van der Waals surface area contributed by atoms with Gasteiger partial charge in [-0.25, -0.2) is 4.79 Å². The summed E-state index contributed by atoms with van der Waals surface area (Å²) in [5.41, 5.74) is 1.21. The van der Waals surface area contributed by atoms with E-state index in [1.54, 1.807) is 30.3 Å². The summed E-state index contributed by atoms with van der Waals surface area (Å²) in [4.78, 5) is 22.8. The monoisotopic (exact) mass is 357 g/mol. The number of carbonyl (C=O) groups is 1. The number of cyclic esters (lactones) is 1. The Morgan fingerprint density at radius 1 is 1.16 bits per heavy atom. The molecule has 0 unspecified atom stereocenters. The first kappa shape index (κ1) is 17.2. The van der Waals surface area contributed by atoms with E-state index in [0.29, 0.717) is 16.1 Å². The van der Waals surface area contributed by atoms with E-state index in [0.717, 1.165) is 5.56 Å². The van der Waals surface area contributed by atoms with Crippen molar-refractivity contribution >= 4 is 17.6 Å². The molecule has 25 heavy (non-hydrogen) atoms. The van der Waals surface area contributed by atoms with E-state index in [9.17, 15) is 14.9 Å². The minimum atomic E-state index is -1.22. The summed E-state index contributed by atoms with van der Waals surface area (Å²) in [6, 6.07) is 14.3. The molecule has 0 radical (unpaired) electrons. The van der Waals surface area contributed by atoms with E-state index in [1.807, 2.05) is 31.2 Å². The van der Waals surface area contributed by atoms with Crippen molar-refractivity contribution in [2.75, 3.05) is 6.54 Å². The molecule has 5 nitrogen and oxygen atoms in total. The van der Waals surface area contributed by atoms with Gasteiger partial charge in [-0.05, 0) is 30.7 Å². The van der Waals surface area contributed by atoms with E-state index in [-0.39, 0.29) is 6.54 Å². The molecule has 0 amide bonds. The number of halogens is 1. The number of rotatable bonds is 5. The Hall–Kier alpha value is -2.66. The van der Waals surface area contributed by atoms with E-state index in [4.69, 9.17) is 16.3 Å². The van der Waals surface area contributed by atoms with Crippen molar-refractivity contribution in [2.24, 2.45) is 0 Å². The third-order valence-electron chi connectivity index (χ3n) is 4.36. The van der Waals surface area contributed by atoms with Gasteiger partial charge in [-0.15, -0.1) is 0 Å². The lowest BCUT2D eigenvalue weighted by atomic mass is 9.77. The van der Waals surface area contributed by atoms with Gasteiger partial charge in [0, 0.05) is 21.6 Å². The van der Waals surface area contributed by atoms with Crippen LogP contribution in [0.2, 0.25) is 5.02 Å². The van der Waals surface area contributed by atoms with Gasteiger partial charge in [-0.2, -0.15) is 0 Å². The number of aryl methyl sites for hydroxylation is 1. The van der Waals surface area contributed by atoms with Crippen LogP contribution in [0.25, 0.3) is 0 Å². The van der Waals surface area contributed by atoms with E-state index >= 15 is 0 Å². The van der Waals surface area contributed by atoms with E-state index in [2.05, 4.69) is 0 Å². The second-order valence-electron chi connectivity index (χ2n) is 6.03. The molecular weight excluding hydrogens is 342 g/mol. The van der Waals surface area contributed by atoms with Gasteiger partial charge in [-0.1, -0.05) is 53.6 Å². The highest BCUT2D eigenvalue weighted by Crippen LogP contribution is 2.44. The lowest BCUT2D eigenvalue weighted by Crippen LogP contribution is -2.37. The highest BCUT2D eigenvalue weighted by atomic mass is 35.5. The number of hydrogen-bond donors (Lipinski definition) is 0. The minimum Gasteiger partial charge on any atom is -0.446 e. The fourth-order valence-corrected chi connectivity index (χ4v) is 3.24. The lowest BCUT2D eigenvalue weighted by Gasteiger charge is -2.33. The Balaban J connectivity index is 2.15. The Morgan fingerprint density at radius 3 is 2.32 bits per heavy atom. The molecule has 1 heterocycles. The third kappa shape index (κ3) is 3.42. The largest absolute Gasteiger partial charge is 0.446 e. The van der Waals surface area contributed by atoms with Crippen LogP contribution in [0.1, 0.15) is 22.6 Å². The van der Waals surface area contributed by atoms with Crippen LogP contribution in [0, 0.1) is 17.0 Å². The van der Waals surface area contributed by atoms with Crippen molar-refractivity contribution in [3.63, 3.8) is 0 Å². The van der Waals surface area contributed by atoms with Crippen LogP contribution in [0.3, 0.4) is 0 Å². The first-order valence-electron chi connectivity index (χ1n) is 7.77. The molecule has 0 N–H and O–H groups in total. The maximum Gasteiger partial charge on any atom is 0.331 e. The van der Waals surface area contributed by atoms with Gasteiger partial charge in [0.25, 0.3) is 0 Å². The maximum atomic E-state index is 11.9. The number of nitrogens with zero attached hydrogens (tertiary/aromatic N) is 1. The zero-order valence-corrected chi connectivity index (χ0v) is 14.3. The topological polar surface area (TPSA) is 69.4 Å². The third-order valence-corrected chi connectivity index (χ3v) is 4.61. The van der Waals surface area contributed by atoms with Crippen molar-refractivity contribution in [3.8, 4) is 0 Å². The lowest BCUT2D eigenvalue weighted by molar-refractivity contribution is -0.486. The van der Waals surface area contributed by atoms with Crippen molar-refractivity contribution in [2.45, 2.75) is 18.4 Å². The number of benzene rings is 2. The number of nitro groups is 1. The number of hydrogen-bond acceptors (Lipinski definition) is 4. The predicted octanol–water partition coefficient (Wildman–Crippen LogP) is 4.02. The molecule has 128 valence electrons. The molecule has 0 fully saturated rings. The molecular formula is C19H16ClNO4. The average Bonchev–Trinajstić information content (AvgIpc) is 2.97. The van der Waals surface area contributed by atoms with Crippen LogP contribution in [-0.4, -0.2) is 17.4 Å². The molecule has 0 aromatic heterocycles. The molecule has 0 saturated carbocycles. The molecule has 0 saturated heterocycles. The van der Waals surface area contributed by atoms with Crippen molar-refractivity contribution in [1.82, 2.24) is 0 Å². The summed E-state index contributed by atoms with van der Waals surface area (Å²) in [6.45, 7) is 1.56. The van der Waals surface area contributed by atoms with Crippen molar-refractivity contribution in [3.05, 3.63) is 92.5 Å². The molecule has 2 atom stereocenters. The molecule has 0 aliphatic carbocycles. The fourth-order valence-electron chi connectivity index (χ4n) is 3.12. The van der Waals surface area contributed by atoms with Gasteiger partial charge in [0.1, 0.15) is 0 Å². The van der Waals surface area contributed by atoms with Gasteiger partial charge in [0.2, 0.25) is 6.54 Å². The smallest absolute Gasteiger partial charge is 0.331 e. The zero-order chi connectivity index (χ0) is 18.0.